The van der Waals surface area contributed by atoms with Crippen LogP contribution in [-0.4, -0.2) is 26.9 Å². The van der Waals surface area contributed by atoms with Gasteiger partial charge in [-0.3, -0.25) is 4.90 Å². The molecule has 22 heavy (non-hydrogen) atoms. The monoisotopic (exact) mass is 324 g/mol. The van der Waals surface area contributed by atoms with Gasteiger partial charge in [0.1, 0.15) is 0 Å². The average Bonchev–Trinajstić information content (AvgIpc) is 2.99. The van der Waals surface area contributed by atoms with Crippen LogP contribution < -0.4 is 5.14 Å². The van der Waals surface area contributed by atoms with E-state index in [0.29, 0.717) is 0 Å². The molecular formula is C17H28N2O2S. The molecule has 0 bridgehead atoms. The molecule has 1 aliphatic carbocycles. The SMILES string of the molecule is CC(c1ccc(S(N)(=O)=O)cc1)N(C)CCCC1CCCC1. The Morgan fingerprint density at radius 2 is 1.82 bits per heavy atom. The molecule has 0 spiro atoms. The van der Waals surface area contributed by atoms with Crippen molar-refractivity contribution >= 4 is 10.0 Å². The van der Waals surface area contributed by atoms with Crippen LogP contribution in [0.5, 0.6) is 0 Å². The van der Waals surface area contributed by atoms with Gasteiger partial charge < -0.3 is 0 Å². The van der Waals surface area contributed by atoms with E-state index in [1.165, 1.54) is 38.5 Å². The molecule has 0 aliphatic heterocycles. The predicted octanol–water partition coefficient (Wildman–Crippen LogP) is 3.30. The molecule has 4 nitrogen and oxygen atoms in total. The summed E-state index contributed by atoms with van der Waals surface area (Å²) in [5, 5.41) is 5.13. The molecule has 0 amide bonds. The lowest BCUT2D eigenvalue weighted by molar-refractivity contribution is 0.249. The third kappa shape index (κ3) is 4.80. The fourth-order valence-electron chi connectivity index (χ4n) is 3.31. The Morgan fingerprint density at radius 3 is 2.36 bits per heavy atom. The Labute approximate surface area is 134 Å². The van der Waals surface area contributed by atoms with Gasteiger partial charge in [-0.2, -0.15) is 0 Å². The summed E-state index contributed by atoms with van der Waals surface area (Å²) in [5.74, 6) is 0.942. The molecule has 1 aliphatic rings. The topological polar surface area (TPSA) is 63.4 Å². The molecule has 0 aromatic heterocycles. The summed E-state index contributed by atoms with van der Waals surface area (Å²) in [5.41, 5.74) is 1.12. The Morgan fingerprint density at radius 1 is 1.23 bits per heavy atom. The highest BCUT2D eigenvalue weighted by Crippen LogP contribution is 2.29. The molecule has 2 rings (SSSR count). The lowest BCUT2D eigenvalue weighted by Gasteiger charge is -2.25. The van der Waals surface area contributed by atoms with Gasteiger partial charge in [0.2, 0.25) is 10.0 Å². The fourth-order valence-corrected chi connectivity index (χ4v) is 3.83. The van der Waals surface area contributed by atoms with E-state index in [4.69, 9.17) is 5.14 Å². The number of rotatable bonds is 7. The molecule has 1 saturated carbocycles. The number of benzene rings is 1. The van der Waals surface area contributed by atoms with Crippen molar-refractivity contribution in [2.75, 3.05) is 13.6 Å². The van der Waals surface area contributed by atoms with Gasteiger partial charge in [-0.25, -0.2) is 13.6 Å². The molecule has 5 heteroatoms. The Hall–Kier alpha value is -0.910. The van der Waals surface area contributed by atoms with Crippen molar-refractivity contribution in [1.82, 2.24) is 4.90 Å². The highest BCUT2D eigenvalue weighted by molar-refractivity contribution is 7.89. The van der Waals surface area contributed by atoms with Crippen LogP contribution in [-0.2, 0) is 10.0 Å². The van der Waals surface area contributed by atoms with Gasteiger partial charge >= 0.3 is 0 Å². The number of primary sulfonamides is 1. The van der Waals surface area contributed by atoms with Gasteiger partial charge in [0.05, 0.1) is 4.90 Å². The first-order chi connectivity index (χ1) is 10.4. The van der Waals surface area contributed by atoms with Crippen LogP contribution in [0.15, 0.2) is 29.2 Å². The van der Waals surface area contributed by atoms with E-state index in [9.17, 15) is 8.42 Å². The molecule has 1 unspecified atom stereocenters. The first-order valence-electron chi connectivity index (χ1n) is 8.21. The Bertz CT molecular complexity index is 563. The molecular weight excluding hydrogens is 296 g/mol. The van der Waals surface area contributed by atoms with Gasteiger partial charge in [0.25, 0.3) is 0 Å². The first kappa shape index (κ1) is 17.4. The number of hydrogen-bond donors (Lipinski definition) is 1. The smallest absolute Gasteiger partial charge is 0.238 e. The molecule has 124 valence electrons. The zero-order valence-electron chi connectivity index (χ0n) is 13.7. The van der Waals surface area contributed by atoms with E-state index >= 15 is 0 Å². The molecule has 2 N–H and O–H groups in total. The first-order valence-corrected chi connectivity index (χ1v) is 9.75. The lowest BCUT2D eigenvalue weighted by Crippen LogP contribution is -2.24. The molecule has 0 saturated heterocycles. The van der Waals surface area contributed by atoms with Crippen LogP contribution in [0.25, 0.3) is 0 Å². The molecule has 1 fully saturated rings. The summed E-state index contributed by atoms with van der Waals surface area (Å²) in [4.78, 5) is 2.51. The van der Waals surface area contributed by atoms with Crippen LogP contribution in [0.3, 0.4) is 0 Å². The second-order valence-electron chi connectivity index (χ2n) is 6.56. The maximum absolute atomic E-state index is 11.3. The van der Waals surface area contributed by atoms with Gasteiger partial charge in [-0.05, 0) is 57.0 Å². The maximum Gasteiger partial charge on any atom is 0.238 e. The van der Waals surface area contributed by atoms with Crippen LogP contribution in [0, 0.1) is 5.92 Å². The number of nitrogens with two attached hydrogens (primary N) is 1. The minimum atomic E-state index is -3.60. The second-order valence-corrected chi connectivity index (χ2v) is 8.12. The van der Waals surface area contributed by atoms with Crippen molar-refractivity contribution in [3.63, 3.8) is 0 Å². The van der Waals surface area contributed by atoms with E-state index in [0.717, 1.165) is 18.0 Å². The third-order valence-electron chi connectivity index (χ3n) is 4.95. The molecule has 1 aromatic carbocycles. The average molecular weight is 324 g/mol. The second kappa shape index (κ2) is 7.57. The Kier molecular flexibility index (Phi) is 6.01. The third-order valence-corrected chi connectivity index (χ3v) is 5.88. The minimum Gasteiger partial charge on any atom is -0.300 e. The van der Waals surface area contributed by atoms with Gasteiger partial charge in [0.15, 0.2) is 0 Å². The zero-order valence-corrected chi connectivity index (χ0v) is 14.5. The summed E-state index contributed by atoms with van der Waals surface area (Å²) in [6.45, 7) is 3.23. The zero-order chi connectivity index (χ0) is 16.2. The van der Waals surface area contributed by atoms with E-state index in [1.807, 2.05) is 12.1 Å². The van der Waals surface area contributed by atoms with Crippen LogP contribution in [0.4, 0.5) is 0 Å². The van der Waals surface area contributed by atoms with Crippen molar-refractivity contribution < 1.29 is 8.42 Å². The molecule has 0 heterocycles. The number of nitrogens with zero attached hydrogens (tertiary/aromatic N) is 1. The highest BCUT2D eigenvalue weighted by Gasteiger charge is 2.16. The lowest BCUT2D eigenvalue weighted by atomic mass is 10.0. The predicted molar refractivity (Wildman–Crippen MR) is 90.1 cm³/mol. The van der Waals surface area contributed by atoms with Gasteiger partial charge in [0, 0.05) is 6.04 Å². The quantitative estimate of drug-likeness (QED) is 0.837. The van der Waals surface area contributed by atoms with Crippen molar-refractivity contribution in [2.45, 2.75) is 56.4 Å². The molecule has 0 radical (unpaired) electrons. The molecule has 1 atom stereocenters. The van der Waals surface area contributed by atoms with E-state index < -0.39 is 10.0 Å². The standard InChI is InChI=1S/C17H28N2O2S/c1-14(16-9-11-17(12-10-16)22(18,20)21)19(2)13-5-8-15-6-3-4-7-15/h9-12,14-15H,3-8,13H2,1-2H3,(H2,18,20,21). The van der Waals surface area contributed by atoms with Gasteiger partial charge in [-0.1, -0.05) is 37.8 Å². The van der Waals surface area contributed by atoms with E-state index in [1.54, 1.807) is 12.1 Å². The van der Waals surface area contributed by atoms with Crippen molar-refractivity contribution in [3.05, 3.63) is 29.8 Å². The highest BCUT2D eigenvalue weighted by atomic mass is 32.2. The largest absolute Gasteiger partial charge is 0.300 e. The number of sulfonamides is 1. The Balaban J connectivity index is 1.85. The summed E-state index contributed by atoms with van der Waals surface area (Å²) in [6, 6.07) is 7.18. The van der Waals surface area contributed by atoms with Crippen molar-refractivity contribution in [2.24, 2.45) is 11.1 Å². The number of hydrogen-bond acceptors (Lipinski definition) is 3. The summed E-state index contributed by atoms with van der Waals surface area (Å²) >= 11 is 0. The molecule has 1 aromatic rings. The van der Waals surface area contributed by atoms with E-state index in [2.05, 4.69) is 18.9 Å². The van der Waals surface area contributed by atoms with Crippen LogP contribution in [0.1, 0.15) is 57.1 Å². The normalized spacial score (nSPS) is 18.0. The maximum atomic E-state index is 11.3. The minimum absolute atomic E-state index is 0.173. The summed E-state index contributed by atoms with van der Waals surface area (Å²) in [6.07, 6.45) is 8.21. The van der Waals surface area contributed by atoms with Crippen LogP contribution in [0.2, 0.25) is 0 Å². The summed E-state index contributed by atoms with van der Waals surface area (Å²) in [7, 11) is -1.47. The van der Waals surface area contributed by atoms with Crippen molar-refractivity contribution in [1.29, 1.82) is 0 Å². The summed E-state index contributed by atoms with van der Waals surface area (Å²) < 4.78 is 22.6. The van der Waals surface area contributed by atoms with Gasteiger partial charge in [-0.15, -0.1) is 0 Å². The van der Waals surface area contributed by atoms with E-state index in [-0.39, 0.29) is 10.9 Å². The fraction of sp³-hybridized carbons (Fsp3) is 0.647. The van der Waals surface area contributed by atoms with Crippen LogP contribution >= 0.6 is 0 Å². The van der Waals surface area contributed by atoms with Crippen molar-refractivity contribution in [3.8, 4) is 0 Å².